The Kier molecular flexibility index (Phi) is 5.35. The van der Waals surface area contributed by atoms with Crippen LogP contribution < -0.4 is 19.5 Å². The molecule has 1 aliphatic rings. The smallest absolute Gasteiger partial charge is 0.217 e. The monoisotopic (exact) mass is 355 g/mol. The lowest BCUT2D eigenvalue weighted by atomic mass is 9.76. The Morgan fingerprint density at radius 2 is 1.58 bits per heavy atom. The highest BCUT2D eigenvalue weighted by Gasteiger charge is 2.29. The summed E-state index contributed by atoms with van der Waals surface area (Å²) in [7, 11) is 4.86. The van der Waals surface area contributed by atoms with Crippen LogP contribution in [0.1, 0.15) is 48.4 Å². The highest BCUT2D eigenvalue weighted by molar-refractivity contribution is 5.73. The molecule has 5 heteroatoms. The fourth-order valence-corrected chi connectivity index (χ4v) is 3.83. The van der Waals surface area contributed by atoms with Gasteiger partial charge in [-0.05, 0) is 41.7 Å². The Hall–Kier alpha value is -2.69. The molecule has 3 rings (SSSR count). The van der Waals surface area contributed by atoms with Gasteiger partial charge in [0.2, 0.25) is 11.7 Å². The maximum absolute atomic E-state index is 11.6. The Labute approximate surface area is 154 Å². The van der Waals surface area contributed by atoms with Crippen molar-refractivity contribution in [1.82, 2.24) is 5.32 Å². The molecule has 0 saturated heterocycles. The zero-order valence-electron chi connectivity index (χ0n) is 15.7. The minimum Gasteiger partial charge on any atom is -0.493 e. The molecule has 1 amide bonds. The molecule has 5 nitrogen and oxygen atoms in total. The number of nitrogens with one attached hydrogen (secondary N) is 1. The highest BCUT2D eigenvalue weighted by atomic mass is 16.5. The van der Waals surface area contributed by atoms with Crippen molar-refractivity contribution in [2.75, 3.05) is 21.3 Å². The number of fused-ring (bicyclic) bond motifs is 1. The number of amides is 1. The number of carbonyl (C=O) groups excluding carboxylic acids is 1. The van der Waals surface area contributed by atoms with Gasteiger partial charge < -0.3 is 19.5 Å². The van der Waals surface area contributed by atoms with Gasteiger partial charge in [-0.15, -0.1) is 0 Å². The Morgan fingerprint density at radius 1 is 0.962 bits per heavy atom. The lowest BCUT2D eigenvalue weighted by Crippen LogP contribution is -2.30. The molecule has 1 unspecified atom stereocenters. The molecule has 26 heavy (non-hydrogen) atoms. The van der Waals surface area contributed by atoms with E-state index in [9.17, 15) is 4.79 Å². The molecule has 0 saturated carbocycles. The largest absolute Gasteiger partial charge is 0.493 e. The molecule has 0 aromatic heterocycles. The topological polar surface area (TPSA) is 56.8 Å². The normalized spacial score (nSPS) is 18.6. The van der Waals surface area contributed by atoms with Gasteiger partial charge in [0.25, 0.3) is 0 Å². The molecule has 0 heterocycles. The van der Waals surface area contributed by atoms with Crippen molar-refractivity contribution in [3.8, 4) is 17.2 Å². The van der Waals surface area contributed by atoms with Crippen LogP contribution in [0.5, 0.6) is 17.2 Å². The third kappa shape index (κ3) is 3.34. The minimum atomic E-state index is -0.00367. The van der Waals surface area contributed by atoms with Crippen molar-refractivity contribution in [2.45, 2.75) is 31.7 Å². The van der Waals surface area contributed by atoms with E-state index in [1.165, 1.54) is 11.1 Å². The summed E-state index contributed by atoms with van der Waals surface area (Å²) in [6.45, 7) is 1.56. The minimum absolute atomic E-state index is 0.00367. The van der Waals surface area contributed by atoms with Gasteiger partial charge in [-0.2, -0.15) is 0 Å². The second-order valence-corrected chi connectivity index (χ2v) is 6.47. The molecule has 1 N–H and O–H groups in total. The lowest BCUT2D eigenvalue weighted by molar-refractivity contribution is -0.119. The van der Waals surface area contributed by atoms with E-state index < -0.39 is 0 Å². The SMILES string of the molecule is COc1cc([C@H]2CCC(NC(C)=O)c3ccccc32)cc(OC)c1OC. The maximum Gasteiger partial charge on any atom is 0.217 e. The Morgan fingerprint density at radius 3 is 2.12 bits per heavy atom. The van der Waals surface area contributed by atoms with Gasteiger partial charge >= 0.3 is 0 Å². The first-order valence-corrected chi connectivity index (χ1v) is 8.74. The van der Waals surface area contributed by atoms with Crippen LogP contribution in [0, 0.1) is 0 Å². The number of benzene rings is 2. The quantitative estimate of drug-likeness (QED) is 0.886. The van der Waals surface area contributed by atoms with Crippen molar-refractivity contribution in [2.24, 2.45) is 0 Å². The van der Waals surface area contributed by atoms with Gasteiger partial charge in [-0.3, -0.25) is 4.79 Å². The Balaban J connectivity index is 2.06. The summed E-state index contributed by atoms with van der Waals surface area (Å²) in [4.78, 5) is 11.6. The molecule has 2 atom stereocenters. The molecule has 1 aliphatic carbocycles. The standard InChI is InChI=1S/C21H25NO4/c1-13(23)22-18-10-9-15(16-7-5-6-8-17(16)18)14-11-19(24-2)21(26-4)20(12-14)25-3/h5-8,11-12,15,18H,9-10H2,1-4H3,(H,22,23)/t15-,18?/m1/s1. The van der Waals surface area contributed by atoms with Crippen LogP contribution in [-0.2, 0) is 4.79 Å². The first-order valence-electron chi connectivity index (χ1n) is 8.74. The number of hydrogen-bond acceptors (Lipinski definition) is 4. The van der Waals surface area contributed by atoms with E-state index in [1.807, 2.05) is 24.3 Å². The number of carbonyl (C=O) groups is 1. The van der Waals surface area contributed by atoms with Crippen molar-refractivity contribution in [3.05, 3.63) is 53.1 Å². The molecule has 0 fully saturated rings. The average Bonchev–Trinajstić information content (AvgIpc) is 2.66. The van der Waals surface area contributed by atoms with Crippen molar-refractivity contribution in [3.63, 3.8) is 0 Å². The predicted octanol–water partition coefficient (Wildman–Crippen LogP) is 3.82. The van der Waals surface area contributed by atoms with Crippen molar-refractivity contribution < 1.29 is 19.0 Å². The number of methoxy groups -OCH3 is 3. The van der Waals surface area contributed by atoms with E-state index in [0.29, 0.717) is 17.2 Å². The first-order chi connectivity index (χ1) is 12.6. The molecule has 0 bridgehead atoms. The molecular formula is C21H25NO4. The summed E-state index contributed by atoms with van der Waals surface area (Å²) in [5.74, 6) is 2.12. The summed E-state index contributed by atoms with van der Waals surface area (Å²) < 4.78 is 16.5. The third-order valence-corrected chi connectivity index (χ3v) is 4.96. The summed E-state index contributed by atoms with van der Waals surface area (Å²) in [6.07, 6.45) is 1.82. The van der Waals surface area contributed by atoms with Crippen LogP contribution in [0.4, 0.5) is 0 Å². The van der Waals surface area contributed by atoms with Crippen LogP contribution in [0.15, 0.2) is 36.4 Å². The summed E-state index contributed by atoms with van der Waals surface area (Å²) in [6, 6.07) is 12.4. The second kappa shape index (κ2) is 7.68. The van der Waals surface area contributed by atoms with Gasteiger partial charge in [-0.25, -0.2) is 0 Å². The number of hydrogen-bond donors (Lipinski definition) is 1. The van der Waals surface area contributed by atoms with Gasteiger partial charge in [0.1, 0.15) is 0 Å². The molecule has 0 aliphatic heterocycles. The second-order valence-electron chi connectivity index (χ2n) is 6.47. The third-order valence-electron chi connectivity index (χ3n) is 4.96. The van der Waals surface area contributed by atoms with E-state index in [4.69, 9.17) is 14.2 Å². The molecule has 0 spiro atoms. The molecule has 0 radical (unpaired) electrons. The predicted molar refractivity (Wildman–Crippen MR) is 100 cm³/mol. The summed E-state index contributed by atoms with van der Waals surface area (Å²) >= 11 is 0. The zero-order valence-corrected chi connectivity index (χ0v) is 15.7. The van der Waals surface area contributed by atoms with Gasteiger partial charge in [-0.1, -0.05) is 24.3 Å². The first kappa shape index (κ1) is 18.1. The van der Waals surface area contributed by atoms with Crippen LogP contribution in [0.2, 0.25) is 0 Å². The van der Waals surface area contributed by atoms with E-state index in [0.717, 1.165) is 18.4 Å². The maximum atomic E-state index is 11.6. The van der Waals surface area contributed by atoms with Crippen LogP contribution in [0.3, 0.4) is 0 Å². The molecule has 2 aromatic carbocycles. The van der Waals surface area contributed by atoms with Crippen LogP contribution >= 0.6 is 0 Å². The zero-order chi connectivity index (χ0) is 18.7. The van der Waals surface area contributed by atoms with E-state index >= 15 is 0 Å². The van der Waals surface area contributed by atoms with Crippen molar-refractivity contribution >= 4 is 5.91 Å². The number of rotatable bonds is 5. The summed E-state index contributed by atoms with van der Waals surface area (Å²) in [5.41, 5.74) is 3.52. The average molecular weight is 355 g/mol. The van der Waals surface area contributed by atoms with Gasteiger partial charge in [0, 0.05) is 12.8 Å². The van der Waals surface area contributed by atoms with Gasteiger partial charge in [0.05, 0.1) is 27.4 Å². The van der Waals surface area contributed by atoms with Crippen LogP contribution in [0.25, 0.3) is 0 Å². The van der Waals surface area contributed by atoms with E-state index in [1.54, 1.807) is 28.3 Å². The lowest BCUT2D eigenvalue weighted by Gasteiger charge is -2.32. The van der Waals surface area contributed by atoms with Gasteiger partial charge in [0.15, 0.2) is 11.5 Å². The molecular weight excluding hydrogens is 330 g/mol. The van der Waals surface area contributed by atoms with Crippen molar-refractivity contribution in [1.29, 1.82) is 0 Å². The Bertz CT molecular complexity index is 777. The highest BCUT2D eigenvalue weighted by Crippen LogP contribution is 2.46. The molecule has 2 aromatic rings. The summed E-state index contributed by atoms with van der Waals surface area (Å²) in [5, 5.41) is 3.06. The fraction of sp³-hybridized carbons (Fsp3) is 0.381. The fourth-order valence-electron chi connectivity index (χ4n) is 3.83. The van der Waals surface area contributed by atoms with Crippen LogP contribution in [-0.4, -0.2) is 27.2 Å². The van der Waals surface area contributed by atoms with E-state index in [2.05, 4.69) is 17.4 Å². The van der Waals surface area contributed by atoms with E-state index in [-0.39, 0.29) is 17.9 Å². The molecule has 138 valence electrons. The number of ether oxygens (including phenoxy) is 3.